The Kier molecular flexibility index (Phi) is 4.73. The lowest BCUT2D eigenvalue weighted by atomic mass is 10.1. The minimum absolute atomic E-state index is 0.203. The number of aromatic nitrogens is 1. The fraction of sp³-hybridized carbons (Fsp3) is 0.267. The van der Waals surface area contributed by atoms with Crippen LogP contribution in [0.2, 0.25) is 0 Å². The zero-order chi connectivity index (χ0) is 12.6. The van der Waals surface area contributed by atoms with Crippen LogP contribution in [-0.4, -0.2) is 16.7 Å². The monoisotopic (exact) mass is 243 g/mol. The molecular formula is C15H17NO2. The van der Waals surface area contributed by atoms with E-state index in [9.17, 15) is 0 Å². The van der Waals surface area contributed by atoms with E-state index in [1.807, 2.05) is 42.6 Å². The Morgan fingerprint density at radius 2 is 1.89 bits per heavy atom. The first-order valence-electron chi connectivity index (χ1n) is 6.10. The molecule has 0 aliphatic rings. The van der Waals surface area contributed by atoms with Crippen LogP contribution in [0, 0.1) is 0 Å². The molecule has 0 fully saturated rings. The van der Waals surface area contributed by atoms with Gasteiger partial charge in [-0.05, 0) is 30.0 Å². The van der Waals surface area contributed by atoms with E-state index >= 15 is 0 Å². The first-order valence-corrected chi connectivity index (χ1v) is 6.10. The average molecular weight is 243 g/mol. The number of ether oxygens (including phenoxy) is 1. The summed E-state index contributed by atoms with van der Waals surface area (Å²) in [6, 6.07) is 12.0. The summed E-state index contributed by atoms with van der Waals surface area (Å²) >= 11 is 0. The van der Waals surface area contributed by atoms with Gasteiger partial charge in [-0.25, -0.2) is 0 Å². The molecule has 0 spiro atoms. The lowest BCUT2D eigenvalue weighted by Gasteiger charge is -2.07. The molecule has 0 saturated heterocycles. The Balaban J connectivity index is 1.93. The summed E-state index contributed by atoms with van der Waals surface area (Å²) < 4.78 is 5.69. The normalized spacial score (nSPS) is 10.3. The quantitative estimate of drug-likeness (QED) is 0.848. The largest absolute Gasteiger partial charge is 0.487 e. The minimum Gasteiger partial charge on any atom is -0.487 e. The van der Waals surface area contributed by atoms with Gasteiger partial charge in [0.15, 0.2) is 0 Å². The van der Waals surface area contributed by atoms with Gasteiger partial charge in [-0.1, -0.05) is 30.3 Å². The Hall–Kier alpha value is -1.87. The van der Waals surface area contributed by atoms with Crippen LogP contribution in [0.5, 0.6) is 5.75 Å². The number of aliphatic hydroxyl groups excluding tert-OH is 1. The van der Waals surface area contributed by atoms with E-state index in [-0.39, 0.29) is 6.61 Å². The first-order chi connectivity index (χ1) is 8.88. The van der Waals surface area contributed by atoms with Gasteiger partial charge in [-0.15, -0.1) is 0 Å². The van der Waals surface area contributed by atoms with E-state index in [0.717, 1.165) is 29.7 Å². The van der Waals surface area contributed by atoms with Crippen molar-refractivity contribution < 1.29 is 9.84 Å². The van der Waals surface area contributed by atoms with Gasteiger partial charge in [0.2, 0.25) is 0 Å². The summed E-state index contributed by atoms with van der Waals surface area (Å²) in [5.74, 6) is 0.772. The van der Waals surface area contributed by atoms with Gasteiger partial charge < -0.3 is 9.84 Å². The van der Waals surface area contributed by atoms with Crippen LogP contribution >= 0.6 is 0 Å². The molecule has 1 aromatic heterocycles. The molecule has 2 aromatic rings. The van der Waals surface area contributed by atoms with Gasteiger partial charge in [-0.3, -0.25) is 4.98 Å². The molecule has 0 amide bonds. The highest BCUT2D eigenvalue weighted by Crippen LogP contribution is 2.14. The van der Waals surface area contributed by atoms with Crippen molar-refractivity contribution in [3.8, 4) is 5.75 Å². The summed E-state index contributed by atoms with van der Waals surface area (Å²) in [6.07, 6.45) is 5.10. The molecule has 1 N–H and O–H groups in total. The summed E-state index contributed by atoms with van der Waals surface area (Å²) in [4.78, 5) is 4.14. The Morgan fingerprint density at radius 3 is 2.67 bits per heavy atom. The maximum atomic E-state index is 8.80. The van der Waals surface area contributed by atoms with E-state index in [1.54, 1.807) is 6.20 Å². The van der Waals surface area contributed by atoms with E-state index in [0.29, 0.717) is 6.61 Å². The van der Waals surface area contributed by atoms with Crippen molar-refractivity contribution in [1.29, 1.82) is 0 Å². The average Bonchev–Trinajstić information content (AvgIpc) is 2.44. The van der Waals surface area contributed by atoms with Crippen molar-refractivity contribution in [1.82, 2.24) is 4.98 Å². The minimum atomic E-state index is 0.203. The highest BCUT2D eigenvalue weighted by Gasteiger charge is 1.99. The number of pyridine rings is 1. The van der Waals surface area contributed by atoms with Crippen LogP contribution in [-0.2, 0) is 13.0 Å². The molecule has 18 heavy (non-hydrogen) atoms. The van der Waals surface area contributed by atoms with Gasteiger partial charge in [-0.2, -0.15) is 0 Å². The lowest BCUT2D eigenvalue weighted by Crippen LogP contribution is -1.97. The highest BCUT2D eigenvalue weighted by atomic mass is 16.5. The number of aryl methyl sites for hydroxylation is 1. The second-order valence-electron chi connectivity index (χ2n) is 4.13. The van der Waals surface area contributed by atoms with Crippen LogP contribution in [0.1, 0.15) is 17.5 Å². The molecule has 0 unspecified atom stereocenters. The van der Waals surface area contributed by atoms with Crippen LogP contribution in [0.3, 0.4) is 0 Å². The standard InChI is InChI=1S/C15H17NO2/c17-8-4-7-14-9-15(11-16-10-14)18-12-13-5-2-1-3-6-13/h1-3,5-6,9-11,17H,4,7-8,12H2. The molecule has 3 heteroatoms. The number of hydrogen-bond donors (Lipinski definition) is 1. The van der Waals surface area contributed by atoms with Crippen molar-refractivity contribution in [2.45, 2.75) is 19.4 Å². The smallest absolute Gasteiger partial charge is 0.138 e. The zero-order valence-corrected chi connectivity index (χ0v) is 10.2. The number of nitrogens with zero attached hydrogens (tertiary/aromatic N) is 1. The van der Waals surface area contributed by atoms with Gasteiger partial charge in [0.25, 0.3) is 0 Å². The molecule has 0 aliphatic heterocycles. The summed E-state index contributed by atoms with van der Waals surface area (Å²) in [7, 11) is 0. The van der Waals surface area contributed by atoms with Crippen LogP contribution < -0.4 is 4.74 Å². The second-order valence-corrected chi connectivity index (χ2v) is 4.13. The maximum Gasteiger partial charge on any atom is 0.138 e. The van der Waals surface area contributed by atoms with E-state index in [4.69, 9.17) is 9.84 Å². The number of aliphatic hydroxyl groups is 1. The fourth-order valence-corrected chi connectivity index (χ4v) is 1.70. The van der Waals surface area contributed by atoms with E-state index < -0.39 is 0 Å². The van der Waals surface area contributed by atoms with Gasteiger partial charge in [0.05, 0.1) is 6.20 Å². The lowest BCUT2D eigenvalue weighted by molar-refractivity contribution is 0.288. The van der Waals surface area contributed by atoms with Gasteiger partial charge in [0, 0.05) is 12.8 Å². The highest BCUT2D eigenvalue weighted by molar-refractivity contribution is 5.24. The SMILES string of the molecule is OCCCc1cncc(OCc2ccccc2)c1. The van der Waals surface area contributed by atoms with Crippen LogP contribution in [0.4, 0.5) is 0 Å². The number of rotatable bonds is 6. The molecule has 0 atom stereocenters. The summed E-state index contributed by atoms with van der Waals surface area (Å²) in [5.41, 5.74) is 2.23. The van der Waals surface area contributed by atoms with Crippen molar-refractivity contribution in [3.63, 3.8) is 0 Å². The number of hydrogen-bond acceptors (Lipinski definition) is 3. The van der Waals surface area contributed by atoms with E-state index in [2.05, 4.69) is 4.98 Å². The number of benzene rings is 1. The zero-order valence-electron chi connectivity index (χ0n) is 10.2. The van der Waals surface area contributed by atoms with Crippen LogP contribution in [0.25, 0.3) is 0 Å². The topological polar surface area (TPSA) is 42.4 Å². The third-order valence-corrected chi connectivity index (χ3v) is 2.64. The summed E-state index contributed by atoms with van der Waals surface area (Å²) in [5, 5.41) is 8.80. The molecule has 0 bridgehead atoms. The van der Waals surface area contributed by atoms with E-state index in [1.165, 1.54) is 0 Å². The van der Waals surface area contributed by atoms with Crippen molar-refractivity contribution >= 4 is 0 Å². The molecular weight excluding hydrogens is 226 g/mol. The Bertz CT molecular complexity index is 471. The predicted octanol–water partition coefficient (Wildman–Crippen LogP) is 2.59. The second kappa shape index (κ2) is 6.77. The molecule has 1 heterocycles. The maximum absolute atomic E-state index is 8.80. The third kappa shape index (κ3) is 3.86. The molecule has 2 rings (SSSR count). The third-order valence-electron chi connectivity index (χ3n) is 2.64. The summed E-state index contributed by atoms with van der Waals surface area (Å²) in [6.45, 7) is 0.751. The molecule has 94 valence electrons. The van der Waals surface area contributed by atoms with Crippen molar-refractivity contribution in [3.05, 3.63) is 59.9 Å². The molecule has 0 radical (unpaired) electrons. The molecule has 0 saturated carbocycles. The Morgan fingerprint density at radius 1 is 1.06 bits per heavy atom. The molecule has 3 nitrogen and oxygen atoms in total. The fourth-order valence-electron chi connectivity index (χ4n) is 1.70. The van der Waals surface area contributed by atoms with Crippen LogP contribution in [0.15, 0.2) is 48.8 Å². The van der Waals surface area contributed by atoms with Crippen molar-refractivity contribution in [2.24, 2.45) is 0 Å². The first kappa shape index (κ1) is 12.6. The van der Waals surface area contributed by atoms with Gasteiger partial charge in [0.1, 0.15) is 12.4 Å². The Labute approximate surface area is 107 Å². The van der Waals surface area contributed by atoms with Gasteiger partial charge >= 0.3 is 0 Å². The molecule has 0 aliphatic carbocycles. The predicted molar refractivity (Wildman–Crippen MR) is 70.4 cm³/mol. The molecule has 1 aromatic carbocycles. The van der Waals surface area contributed by atoms with Crippen molar-refractivity contribution in [2.75, 3.05) is 6.61 Å².